The fourth-order valence-corrected chi connectivity index (χ4v) is 3.40. The number of hydrogen-bond donors (Lipinski definition) is 1. The second kappa shape index (κ2) is 5.97. The van der Waals surface area contributed by atoms with Gasteiger partial charge in [0.2, 0.25) is 5.91 Å². The second-order valence-corrected chi connectivity index (χ2v) is 5.92. The largest absolute Gasteiger partial charge is 0.336 e. The molecule has 2 aromatic carbocycles. The molecule has 1 unspecified atom stereocenters. The smallest absolute Gasteiger partial charge is 0.245 e. The van der Waals surface area contributed by atoms with Gasteiger partial charge in [-0.2, -0.15) is 0 Å². The van der Waals surface area contributed by atoms with Gasteiger partial charge in [0, 0.05) is 12.5 Å². The van der Waals surface area contributed by atoms with E-state index in [1.165, 1.54) is 5.56 Å². The second-order valence-electron chi connectivity index (χ2n) is 4.69. The molecule has 0 aliphatic carbocycles. The minimum absolute atomic E-state index is 0.00686. The van der Waals surface area contributed by atoms with Crippen molar-refractivity contribution in [1.82, 2.24) is 5.32 Å². The van der Waals surface area contributed by atoms with Gasteiger partial charge in [-0.25, -0.2) is 0 Å². The molecule has 0 radical (unpaired) electrons. The number of carbonyl (C=O) groups is 1. The minimum Gasteiger partial charge on any atom is -0.336 e. The monoisotopic (exact) mass is 281 g/mol. The van der Waals surface area contributed by atoms with Crippen molar-refractivity contribution in [3.63, 3.8) is 0 Å². The molecule has 0 bridgehead atoms. The van der Waals surface area contributed by atoms with E-state index in [0.717, 1.165) is 16.9 Å². The van der Waals surface area contributed by atoms with Crippen LogP contribution < -0.4 is 5.32 Å². The normalized spacial score (nSPS) is 18.3. The van der Waals surface area contributed by atoms with Crippen molar-refractivity contribution in [2.45, 2.75) is 11.8 Å². The Morgan fingerprint density at radius 2 is 1.60 bits per heavy atom. The number of nitrogens with one attached hydrogen (secondary N) is 1. The van der Waals surface area contributed by atoms with Crippen LogP contribution in [0.4, 0.5) is 0 Å². The fourth-order valence-electron chi connectivity index (χ4n) is 2.20. The third-order valence-electron chi connectivity index (χ3n) is 3.16. The number of thioether (sulfide) groups is 1. The summed E-state index contributed by atoms with van der Waals surface area (Å²) in [4.78, 5) is 13.0. The third kappa shape index (κ3) is 3.11. The first-order valence-corrected chi connectivity index (χ1v) is 7.46. The van der Waals surface area contributed by atoms with Crippen LogP contribution in [0.15, 0.2) is 71.6 Å². The lowest BCUT2D eigenvalue weighted by atomic mass is 10.1. The molecule has 1 aliphatic heterocycles. The number of rotatable bonds is 3. The predicted molar refractivity (Wildman–Crippen MR) is 83.1 cm³/mol. The molecule has 0 aromatic heterocycles. The standard InChI is InChI=1S/C17H15NOS/c19-16-12-15(11-13-7-3-1-4-8-13)20-17(18-16)14-9-5-2-6-10-14/h1-10,12,17H,11H2,(H,18,19). The molecule has 0 spiro atoms. The van der Waals surface area contributed by atoms with Crippen molar-refractivity contribution in [2.75, 3.05) is 0 Å². The van der Waals surface area contributed by atoms with Crippen molar-refractivity contribution in [3.8, 4) is 0 Å². The van der Waals surface area contributed by atoms with Gasteiger partial charge >= 0.3 is 0 Å². The Morgan fingerprint density at radius 1 is 0.950 bits per heavy atom. The summed E-state index contributed by atoms with van der Waals surface area (Å²) in [6.45, 7) is 0. The maximum absolute atomic E-state index is 11.8. The summed E-state index contributed by atoms with van der Waals surface area (Å²) in [6.07, 6.45) is 2.51. The lowest BCUT2D eigenvalue weighted by molar-refractivity contribution is -0.116. The molecule has 2 aromatic rings. The zero-order chi connectivity index (χ0) is 13.8. The molecule has 1 heterocycles. The first-order valence-electron chi connectivity index (χ1n) is 6.58. The number of carbonyl (C=O) groups excluding carboxylic acids is 1. The van der Waals surface area contributed by atoms with E-state index >= 15 is 0 Å². The van der Waals surface area contributed by atoms with Crippen LogP contribution in [0.5, 0.6) is 0 Å². The Kier molecular flexibility index (Phi) is 3.88. The van der Waals surface area contributed by atoms with Crippen molar-refractivity contribution >= 4 is 17.7 Å². The number of hydrogen-bond acceptors (Lipinski definition) is 2. The fraction of sp³-hybridized carbons (Fsp3) is 0.118. The molecular formula is C17H15NOS. The van der Waals surface area contributed by atoms with Crippen LogP contribution in [0.3, 0.4) is 0 Å². The van der Waals surface area contributed by atoms with Gasteiger partial charge in [0.05, 0.1) is 0 Å². The molecule has 0 saturated heterocycles. The Balaban J connectivity index is 1.78. The van der Waals surface area contributed by atoms with Crippen LogP contribution >= 0.6 is 11.8 Å². The molecule has 20 heavy (non-hydrogen) atoms. The summed E-state index contributed by atoms with van der Waals surface area (Å²) in [5, 5.41) is 3.00. The van der Waals surface area contributed by atoms with Crippen molar-refractivity contribution in [1.29, 1.82) is 0 Å². The average molecular weight is 281 g/mol. The molecule has 3 heteroatoms. The molecule has 0 fully saturated rings. The van der Waals surface area contributed by atoms with Crippen LogP contribution in [-0.4, -0.2) is 5.91 Å². The van der Waals surface area contributed by atoms with E-state index in [1.807, 2.05) is 48.5 Å². The zero-order valence-electron chi connectivity index (χ0n) is 11.0. The van der Waals surface area contributed by atoms with E-state index < -0.39 is 0 Å². The highest BCUT2D eigenvalue weighted by atomic mass is 32.2. The van der Waals surface area contributed by atoms with Gasteiger partial charge in [-0.05, 0) is 16.0 Å². The lowest BCUT2D eigenvalue weighted by Crippen LogP contribution is -2.28. The van der Waals surface area contributed by atoms with Crippen LogP contribution in [0.1, 0.15) is 16.5 Å². The molecule has 0 saturated carbocycles. The van der Waals surface area contributed by atoms with E-state index in [-0.39, 0.29) is 11.3 Å². The van der Waals surface area contributed by atoms with Crippen molar-refractivity contribution in [3.05, 3.63) is 82.8 Å². The Bertz CT molecular complexity index is 622. The minimum atomic E-state index is -0.0106. The van der Waals surface area contributed by atoms with Crippen LogP contribution in [0.2, 0.25) is 0 Å². The van der Waals surface area contributed by atoms with E-state index in [9.17, 15) is 4.79 Å². The highest BCUT2D eigenvalue weighted by molar-refractivity contribution is 8.03. The van der Waals surface area contributed by atoms with E-state index in [2.05, 4.69) is 17.4 Å². The SMILES string of the molecule is O=C1C=C(Cc2ccccc2)SC(c2ccccc2)N1. The molecule has 100 valence electrons. The quantitative estimate of drug-likeness (QED) is 0.930. The number of benzene rings is 2. The van der Waals surface area contributed by atoms with Gasteiger partial charge in [-0.15, -0.1) is 11.8 Å². The highest BCUT2D eigenvalue weighted by Crippen LogP contribution is 2.36. The van der Waals surface area contributed by atoms with E-state index in [4.69, 9.17) is 0 Å². The molecular weight excluding hydrogens is 266 g/mol. The molecule has 2 nitrogen and oxygen atoms in total. The molecule has 3 rings (SSSR count). The molecule has 1 atom stereocenters. The number of amides is 1. The Morgan fingerprint density at radius 3 is 2.30 bits per heavy atom. The van der Waals surface area contributed by atoms with Gasteiger partial charge < -0.3 is 5.32 Å². The highest BCUT2D eigenvalue weighted by Gasteiger charge is 2.21. The summed E-state index contributed by atoms with van der Waals surface area (Å²) in [5.74, 6) is -0.0106. The summed E-state index contributed by atoms with van der Waals surface area (Å²) in [6, 6.07) is 20.3. The molecule has 1 amide bonds. The molecule has 1 N–H and O–H groups in total. The van der Waals surface area contributed by atoms with Crippen LogP contribution in [0.25, 0.3) is 0 Å². The van der Waals surface area contributed by atoms with Crippen molar-refractivity contribution in [2.24, 2.45) is 0 Å². The van der Waals surface area contributed by atoms with Gasteiger partial charge in [-0.3, -0.25) is 4.79 Å². The first-order chi connectivity index (χ1) is 9.81. The van der Waals surface area contributed by atoms with Crippen LogP contribution in [-0.2, 0) is 11.2 Å². The zero-order valence-corrected chi connectivity index (χ0v) is 11.8. The summed E-state index contributed by atoms with van der Waals surface area (Å²) in [5.41, 5.74) is 2.36. The van der Waals surface area contributed by atoms with Crippen LogP contribution in [0, 0.1) is 0 Å². The predicted octanol–water partition coefficient (Wildman–Crippen LogP) is 3.67. The summed E-state index contributed by atoms with van der Waals surface area (Å²) >= 11 is 1.71. The third-order valence-corrected chi connectivity index (χ3v) is 4.35. The number of allylic oxidation sites excluding steroid dienone is 1. The van der Waals surface area contributed by atoms with Gasteiger partial charge in [0.25, 0.3) is 0 Å². The summed E-state index contributed by atoms with van der Waals surface area (Å²) in [7, 11) is 0. The van der Waals surface area contributed by atoms with Gasteiger partial charge in [0.1, 0.15) is 5.37 Å². The Labute approximate surface area is 122 Å². The summed E-state index contributed by atoms with van der Waals surface area (Å²) < 4.78 is 0. The molecule has 1 aliphatic rings. The maximum atomic E-state index is 11.8. The maximum Gasteiger partial charge on any atom is 0.245 e. The van der Waals surface area contributed by atoms with E-state index in [1.54, 1.807) is 17.8 Å². The average Bonchev–Trinajstić information content (AvgIpc) is 2.49. The van der Waals surface area contributed by atoms with Crippen molar-refractivity contribution < 1.29 is 4.79 Å². The topological polar surface area (TPSA) is 29.1 Å². The lowest BCUT2D eigenvalue weighted by Gasteiger charge is -2.23. The Hall–Kier alpha value is -2.00. The van der Waals surface area contributed by atoms with E-state index in [0.29, 0.717) is 0 Å². The van der Waals surface area contributed by atoms with Gasteiger partial charge in [-0.1, -0.05) is 60.7 Å². The van der Waals surface area contributed by atoms with Gasteiger partial charge in [0.15, 0.2) is 0 Å². The first kappa shape index (κ1) is 13.0.